The average Bonchev–Trinajstić information content (AvgIpc) is 3.69. The SMILES string of the molecule is CCCCCCN(C(=O)[C@@H](NC(=O)[C@H]1CCCCN1C)[C@@H](C)CC)[C@H](CC(OC(C)=O)c1nc(C(=O)NC(Cc2ccc(F)c(NC)c2)CC(C)(C)C(=O)O)cs1)C(C)C. The Bertz CT molecular complexity index is 1740. The zero-order chi connectivity index (χ0) is 44.7. The topological polar surface area (TPSA) is 170 Å². The summed E-state index contributed by atoms with van der Waals surface area (Å²) < 4.78 is 20.2. The molecule has 6 atom stereocenters. The Morgan fingerprint density at radius 2 is 1.80 bits per heavy atom. The zero-order valence-electron chi connectivity index (χ0n) is 37.6. The lowest BCUT2D eigenvalue weighted by Gasteiger charge is -2.40. The molecule has 2 unspecified atom stereocenters. The Morgan fingerprint density at radius 1 is 1.08 bits per heavy atom. The Hall–Kier alpha value is -4.11. The third-order valence-electron chi connectivity index (χ3n) is 11.8. The summed E-state index contributed by atoms with van der Waals surface area (Å²) in [5, 5.41) is 20.8. The minimum absolute atomic E-state index is 0.0705. The van der Waals surface area contributed by atoms with Gasteiger partial charge in [-0.05, 0) is 89.1 Å². The van der Waals surface area contributed by atoms with E-state index >= 15 is 0 Å². The van der Waals surface area contributed by atoms with Gasteiger partial charge in [0.15, 0.2) is 6.10 Å². The molecule has 0 bridgehead atoms. The van der Waals surface area contributed by atoms with Gasteiger partial charge in [0.2, 0.25) is 11.8 Å². The molecule has 0 aliphatic carbocycles. The number of amides is 3. The molecule has 2 heterocycles. The van der Waals surface area contributed by atoms with Gasteiger partial charge in [-0.25, -0.2) is 9.37 Å². The van der Waals surface area contributed by atoms with Crippen LogP contribution in [0.4, 0.5) is 10.1 Å². The standard InChI is InChI=1S/C45H71FN6O7S/c1-11-13-14-16-22-52(43(56)39(29(5)12-2)50-41(55)36-18-15-17-21-51(36)10)37(28(3)4)25-38(59-30(6)53)42-49-35(27-60-42)40(54)48-32(26-45(7,8)44(57)58)23-31-19-20-33(46)34(24-31)47-9/h19-20,24,27-29,32,36-39,47H,11-18,21-23,25-26H2,1-10H3,(H,48,54)(H,50,55)(H,57,58)/t29-,32?,36+,37+,38?,39-/m0/s1. The molecule has 1 saturated heterocycles. The fraction of sp³-hybridized carbons (Fsp3) is 0.689. The molecular weight excluding hydrogens is 788 g/mol. The molecule has 3 rings (SSSR count). The van der Waals surface area contributed by atoms with Crippen LogP contribution in [0.1, 0.15) is 147 Å². The molecule has 1 aliphatic rings. The summed E-state index contributed by atoms with van der Waals surface area (Å²) in [6, 6.07) is 2.46. The molecule has 1 aromatic heterocycles. The van der Waals surface area contributed by atoms with Crippen LogP contribution in [0.3, 0.4) is 0 Å². The number of carboxylic acids is 1. The number of esters is 1. The Kier molecular flexibility index (Phi) is 19.9. The maximum absolute atomic E-state index is 14.9. The summed E-state index contributed by atoms with van der Waals surface area (Å²) in [7, 11) is 3.55. The Balaban J connectivity index is 1.95. The predicted octanol–water partition coefficient (Wildman–Crippen LogP) is 7.61. The van der Waals surface area contributed by atoms with Crippen molar-refractivity contribution in [1.29, 1.82) is 0 Å². The number of aromatic nitrogens is 1. The van der Waals surface area contributed by atoms with Crippen molar-refractivity contribution in [3.63, 3.8) is 0 Å². The van der Waals surface area contributed by atoms with Crippen LogP contribution in [0, 0.1) is 23.1 Å². The van der Waals surface area contributed by atoms with Crippen LogP contribution >= 0.6 is 11.3 Å². The van der Waals surface area contributed by atoms with Gasteiger partial charge in [-0.3, -0.25) is 28.9 Å². The molecule has 13 nitrogen and oxygen atoms in total. The Morgan fingerprint density at radius 3 is 2.40 bits per heavy atom. The highest BCUT2D eigenvalue weighted by Gasteiger charge is 2.39. The largest absolute Gasteiger partial charge is 0.481 e. The first-order valence-electron chi connectivity index (χ1n) is 21.8. The number of ether oxygens (including phenoxy) is 1. The van der Waals surface area contributed by atoms with Gasteiger partial charge in [-0.1, -0.05) is 72.8 Å². The summed E-state index contributed by atoms with van der Waals surface area (Å²) in [4.78, 5) is 75.8. The van der Waals surface area contributed by atoms with Gasteiger partial charge in [0.1, 0.15) is 22.6 Å². The molecule has 1 fully saturated rings. The number of aliphatic carboxylic acids is 1. The lowest BCUT2D eigenvalue weighted by Crippen LogP contribution is -2.59. The lowest BCUT2D eigenvalue weighted by molar-refractivity contribution is -0.150. The Labute approximate surface area is 361 Å². The van der Waals surface area contributed by atoms with E-state index in [9.17, 15) is 33.5 Å². The highest BCUT2D eigenvalue weighted by molar-refractivity contribution is 7.09. The number of nitrogens with one attached hydrogen (secondary N) is 3. The maximum Gasteiger partial charge on any atom is 0.309 e. The van der Waals surface area contributed by atoms with Gasteiger partial charge in [0.05, 0.1) is 17.1 Å². The number of unbranched alkanes of at least 4 members (excludes halogenated alkanes) is 3. The first kappa shape index (κ1) is 50.2. The fourth-order valence-electron chi connectivity index (χ4n) is 7.90. The molecule has 2 aromatic rings. The third kappa shape index (κ3) is 14.5. The number of carbonyl (C=O) groups excluding carboxylic acids is 4. The van der Waals surface area contributed by atoms with E-state index in [-0.39, 0.29) is 60.3 Å². The number of carbonyl (C=O) groups is 5. The van der Waals surface area contributed by atoms with E-state index in [0.717, 1.165) is 62.8 Å². The van der Waals surface area contributed by atoms with Crippen LogP contribution in [0.2, 0.25) is 0 Å². The number of halogens is 1. The van der Waals surface area contributed by atoms with Gasteiger partial charge in [-0.2, -0.15) is 0 Å². The molecule has 336 valence electrons. The van der Waals surface area contributed by atoms with E-state index in [0.29, 0.717) is 23.5 Å². The summed E-state index contributed by atoms with van der Waals surface area (Å²) in [5.41, 5.74) is -0.136. The van der Waals surface area contributed by atoms with E-state index in [1.165, 1.54) is 13.0 Å². The molecular formula is C45H71FN6O7S. The van der Waals surface area contributed by atoms with Crippen molar-refractivity contribution in [3.8, 4) is 0 Å². The number of likely N-dealkylation sites (tertiary alicyclic amines) is 1. The molecule has 15 heteroatoms. The summed E-state index contributed by atoms with van der Waals surface area (Å²) in [6.45, 7) is 15.9. The fourth-order valence-corrected chi connectivity index (χ4v) is 8.74. The average molecular weight is 859 g/mol. The van der Waals surface area contributed by atoms with E-state index in [1.54, 1.807) is 38.4 Å². The highest BCUT2D eigenvalue weighted by atomic mass is 32.1. The van der Waals surface area contributed by atoms with E-state index < -0.39 is 53.3 Å². The number of thiazole rings is 1. The second-order valence-electron chi connectivity index (χ2n) is 17.5. The van der Waals surface area contributed by atoms with Crippen LogP contribution in [-0.4, -0.2) is 101 Å². The smallest absolute Gasteiger partial charge is 0.309 e. The zero-order valence-corrected chi connectivity index (χ0v) is 38.4. The van der Waals surface area contributed by atoms with Gasteiger partial charge in [0.25, 0.3) is 5.91 Å². The number of anilines is 1. The first-order valence-corrected chi connectivity index (χ1v) is 22.6. The molecule has 1 aliphatic heterocycles. The third-order valence-corrected chi connectivity index (χ3v) is 12.7. The summed E-state index contributed by atoms with van der Waals surface area (Å²) in [5.74, 6) is -3.04. The van der Waals surface area contributed by atoms with Crippen LogP contribution in [0.25, 0.3) is 0 Å². The van der Waals surface area contributed by atoms with Crippen molar-refractivity contribution >= 4 is 46.7 Å². The van der Waals surface area contributed by atoms with Crippen molar-refractivity contribution in [3.05, 3.63) is 45.7 Å². The number of carboxylic acid groups (broad SMARTS) is 1. The number of benzene rings is 1. The van der Waals surface area contributed by atoms with Crippen molar-refractivity contribution in [2.45, 2.75) is 156 Å². The maximum atomic E-state index is 14.9. The van der Waals surface area contributed by atoms with Gasteiger partial charge < -0.3 is 30.7 Å². The van der Waals surface area contributed by atoms with Crippen molar-refractivity contribution in [1.82, 2.24) is 25.4 Å². The van der Waals surface area contributed by atoms with E-state index in [4.69, 9.17) is 4.74 Å². The van der Waals surface area contributed by atoms with Crippen LogP contribution < -0.4 is 16.0 Å². The number of hydrogen-bond acceptors (Lipinski definition) is 10. The van der Waals surface area contributed by atoms with Crippen LogP contribution in [-0.2, 0) is 30.3 Å². The minimum atomic E-state index is -1.19. The number of hydrogen-bond donors (Lipinski definition) is 4. The molecule has 3 amide bonds. The predicted molar refractivity (Wildman–Crippen MR) is 234 cm³/mol. The van der Waals surface area contributed by atoms with E-state index in [1.807, 2.05) is 39.6 Å². The minimum Gasteiger partial charge on any atom is -0.481 e. The monoisotopic (exact) mass is 859 g/mol. The molecule has 1 aromatic carbocycles. The quantitative estimate of drug-likeness (QED) is 0.0609. The normalized spacial score (nSPS) is 17.2. The highest BCUT2D eigenvalue weighted by Crippen LogP contribution is 2.33. The second-order valence-corrected chi connectivity index (χ2v) is 18.4. The van der Waals surface area contributed by atoms with Crippen molar-refractivity contribution in [2.75, 3.05) is 32.5 Å². The van der Waals surface area contributed by atoms with E-state index in [2.05, 4.69) is 32.8 Å². The molecule has 4 N–H and O–H groups in total. The van der Waals surface area contributed by atoms with Crippen LogP contribution in [0.15, 0.2) is 23.6 Å². The molecule has 0 spiro atoms. The molecule has 0 saturated carbocycles. The number of nitrogens with zero attached hydrogens (tertiary/aromatic N) is 3. The second kappa shape index (κ2) is 23.8. The van der Waals surface area contributed by atoms with Gasteiger partial charge >= 0.3 is 11.9 Å². The van der Waals surface area contributed by atoms with Crippen LogP contribution in [0.5, 0.6) is 0 Å². The first-order chi connectivity index (χ1) is 28.3. The van der Waals surface area contributed by atoms with Gasteiger partial charge in [-0.15, -0.1) is 11.3 Å². The molecule has 60 heavy (non-hydrogen) atoms. The number of rotatable bonds is 24. The van der Waals surface area contributed by atoms with Crippen molar-refractivity contribution in [2.24, 2.45) is 17.3 Å². The van der Waals surface area contributed by atoms with Crippen molar-refractivity contribution < 1.29 is 38.2 Å². The van der Waals surface area contributed by atoms with Gasteiger partial charge in [0, 0.05) is 44.4 Å². The summed E-state index contributed by atoms with van der Waals surface area (Å²) >= 11 is 1.16. The lowest BCUT2D eigenvalue weighted by atomic mass is 9.84. The molecule has 0 radical (unpaired) electrons. The number of piperidine rings is 1. The number of likely N-dealkylation sites (N-methyl/N-ethyl adjacent to an activating group) is 1. The summed E-state index contributed by atoms with van der Waals surface area (Å²) in [6.07, 6.45) is 6.80.